The number of rotatable bonds is 1. The molecule has 0 atom stereocenters. The average molecular weight is 203 g/mol. The van der Waals surface area contributed by atoms with E-state index >= 15 is 0 Å². The molecule has 0 aliphatic heterocycles. The monoisotopic (exact) mass is 202 g/mol. The van der Waals surface area contributed by atoms with Crippen LogP contribution in [0.2, 0.25) is 0 Å². The van der Waals surface area contributed by atoms with Crippen LogP contribution >= 0.6 is 12.4 Å². The highest BCUT2D eigenvalue weighted by atomic mass is 35.5. The zero-order chi connectivity index (χ0) is 9.14. The van der Waals surface area contributed by atoms with Gasteiger partial charge in [0.05, 0.1) is 5.57 Å². The lowest BCUT2D eigenvalue weighted by Gasteiger charge is -2.02. The Hall–Kier alpha value is -1.58. The number of hydrogen-bond donors (Lipinski definition) is 2. The average Bonchev–Trinajstić information content (AvgIpc) is 2.03. The zero-order valence-corrected chi connectivity index (χ0v) is 7.28. The molecule has 5 nitrogen and oxygen atoms in total. The summed E-state index contributed by atoms with van der Waals surface area (Å²) >= 11 is 0. The minimum atomic E-state index is -1.19. The molecular formula is C7H7ClN2O3. The summed E-state index contributed by atoms with van der Waals surface area (Å²) in [4.78, 5) is 13.2. The van der Waals surface area contributed by atoms with Crippen molar-refractivity contribution in [2.24, 2.45) is 0 Å². The first-order valence-electron chi connectivity index (χ1n) is 3.19. The Labute approximate surface area is 80.0 Å². The molecule has 0 unspecified atom stereocenters. The Bertz CT molecular complexity index is 340. The van der Waals surface area contributed by atoms with Crippen LogP contribution in [0.1, 0.15) is 6.42 Å². The Morgan fingerprint density at radius 3 is 2.54 bits per heavy atom. The highest BCUT2D eigenvalue weighted by Crippen LogP contribution is 2.13. The van der Waals surface area contributed by atoms with Crippen LogP contribution in [0.5, 0.6) is 0 Å². The molecule has 6 heteroatoms. The van der Waals surface area contributed by atoms with E-state index in [0.717, 1.165) is 0 Å². The number of carboxylic acid groups (broad SMARTS) is 1. The number of carbonyl (C=O) groups is 1. The van der Waals surface area contributed by atoms with Crippen molar-refractivity contribution in [2.45, 2.75) is 6.42 Å². The molecule has 2 N–H and O–H groups in total. The van der Waals surface area contributed by atoms with E-state index in [-0.39, 0.29) is 35.9 Å². The molecule has 0 radical (unpaired) electrons. The fraction of sp³-hybridized carbons (Fsp3) is 0.143. The summed E-state index contributed by atoms with van der Waals surface area (Å²) in [5, 5.41) is 17.6. The van der Waals surface area contributed by atoms with Gasteiger partial charge < -0.3 is 15.7 Å². The first kappa shape index (κ1) is 11.4. The van der Waals surface area contributed by atoms with Crippen molar-refractivity contribution >= 4 is 24.1 Å². The van der Waals surface area contributed by atoms with Crippen molar-refractivity contribution in [3.05, 3.63) is 29.0 Å². The molecule has 0 fully saturated rings. The third-order valence-electron chi connectivity index (χ3n) is 1.46. The number of nitrogens with zero attached hydrogens (tertiary/aromatic N) is 2. The smallest absolute Gasteiger partial charge is 0.339 e. The molecule has 13 heavy (non-hydrogen) atoms. The number of hydrogen-bond acceptors (Lipinski definition) is 2. The standard InChI is InChI=1S/C7H6N2O3.ClH/c8-9-4-1-2-5(7(11)12)6(10)3-4;/h1-2,10H,3H2,(H,11,12);1H. The van der Waals surface area contributed by atoms with Gasteiger partial charge in [0.1, 0.15) is 12.2 Å². The predicted octanol–water partition coefficient (Wildman–Crippen LogP) is 0.936. The number of aliphatic hydroxyl groups excluding tert-OH is 1. The summed E-state index contributed by atoms with van der Waals surface area (Å²) in [6.45, 7) is 0. The van der Waals surface area contributed by atoms with E-state index in [1.54, 1.807) is 0 Å². The largest absolute Gasteiger partial charge is 0.511 e. The Balaban J connectivity index is 0.00000144. The fourth-order valence-electron chi connectivity index (χ4n) is 0.865. The molecular weight excluding hydrogens is 196 g/mol. The van der Waals surface area contributed by atoms with Gasteiger partial charge in [-0.25, -0.2) is 4.79 Å². The van der Waals surface area contributed by atoms with Gasteiger partial charge in [-0.2, -0.15) is 4.79 Å². The van der Waals surface area contributed by atoms with Gasteiger partial charge >= 0.3 is 5.97 Å². The fourth-order valence-corrected chi connectivity index (χ4v) is 0.865. The van der Waals surface area contributed by atoms with Gasteiger partial charge in [0.2, 0.25) is 0 Å². The minimum absolute atomic E-state index is 0. The molecule has 0 aromatic rings. The summed E-state index contributed by atoms with van der Waals surface area (Å²) in [6.07, 6.45) is 2.48. The second-order valence-corrected chi connectivity index (χ2v) is 2.27. The number of halogens is 1. The van der Waals surface area contributed by atoms with E-state index in [4.69, 9.17) is 15.7 Å². The molecule has 0 saturated heterocycles. The van der Waals surface area contributed by atoms with Crippen LogP contribution in [0.3, 0.4) is 0 Å². The van der Waals surface area contributed by atoms with Crippen LogP contribution in [0.25, 0.3) is 5.53 Å². The van der Waals surface area contributed by atoms with Gasteiger partial charge in [-0.05, 0) is 6.08 Å². The molecule has 0 saturated carbocycles. The minimum Gasteiger partial charge on any atom is -0.511 e. The molecule has 1 aliphatic rings. The van der Waals surface area contributed by atoms with Gasteiger partial charge in [0.25, 0.3) is 5.71 Å². The third kappa shape index (κ3) is 2.43. The summed E-state index contributed by atoms with van der Waals surface area (Å²) in [7, 11) is 0. The number of carboxylic acids is 1. The van der Waals surface area contributed by atoms with Crippen molar-refractivity contribution in [1.82, 2.24) is 0 Å². The quantitative estimate of drug-likeness (QED) is 0.489. The Kier molecular flexibility index (Phi) is 3.91. The molecule has 70 valence electrons. The van der Waals surface area contributed by atoms with Gasteiger partial charge in [0.15, 0.2) is 0 Å². The van der Waals surface area contributed by atoms with Crippen molar-refractivity contribution in [1.29, 1.82) is 0 Å². The number of aliphatic hydroxyl groups is 1. The van der Waals surface area contributed by atoms with E-state index in [1.165, 1.54) is 12.2 Å². The first-order valence-corrected chi connectivity index (χ1v) is 3.19. The van der Waals surface area contributed by atoms with Gasteiger partial charge in [-0.1, -0.05) is 0 Å². The topological polar surface area (TPSA) is 93.9 Å². The molecule has 1 aliphatic carbocycles. The lowest BCUT2D eigenvalue weighted by molar-refractivity contribution is -0.132. The van der Waals surface area contributed by atoms with Gasteiger partial charge in [-0.15, -0.1) is 12.4 Å². The van der Waals surface area contributed by atoms with E-state index in [1.807, 2.05) is 0 Å². The maximum absolute atomic E-state index is 10.4. The van der Waals surface area contributed by atoms with Crippen LogP contribution in [0, 0.1) is 0 Å². The summed E-state index contributed by atoms with van der Waals surface area (Å²) < 4.78 is 0. The van der Waals surface area contributed by atoms with Crippen LogP contribution in [0.4, 0.5) is 0 Å². The molecule has 0 aromatic heterocycles. The van der Waals surface area contributed by atoms with Crippen LogP contribution < -0.4 is 0 Å². The van der Waals surface area contributed by atoms with Crippen LogP contribution in [-0.4, -0.2) is 26.7 Å². The molecule has 1 rings (SSSR count). The normalized spacial score (nSPS) is 14.9. The maximum Gasteiger partial charge on any atom is 0.339 e. The summed E-state index contributed by atoms with van der Waals surface area (Å²) in [5.41, 5.74) is 8.36. The number of allylic oxidation sites excluding steroid dienone is 2. The van der Waals surface area contributed by atoms with Crippen LogP contribution in [-0.2, 0) is 4.79 Å². The highest BCUT2D eigenvalue weighted by molar-refractivity contribution is 6.00. The molecule has 0 amide bonds. The second-order valence-electron chi connectivity index (χ2n) is 2.27. The van der Waals surface area contributed by atoms with Crippen molar-refractivity contribution in [3.8, 4) is 0 Å². The van der Waals surface area contributed by atoms with Crippen molar-refractivity contribution < 1.29 is 19.8 Å². The maximum atomic E-state index is 10.4. The molecule has 0 spiro atoms. The number of aliphatic carboxylic acids is 1. The highest BCUT2D eigenvalue weighted by Gasteiger charge is 2.20. The Morgan fingerprint density at radius 1 is 1.54 bits per heavy atom. The first-order chi connectivity index (χ1) is 5.65. The summed E-state index contributed by atoms with van der Waals surface area (Å²) in [6, 6.07) is 0. The van der Waals surface area contributed by atoms with E-state index in [9.17, 15) is 4.79 Å². The zero-order valence-electron chi connectivity index (χ0n) is 6.47. The van der Waals surface area contributed by atoms with Gasteiger partial charge in [-0.3, -0.25) is 0 Å². The predicted molar refractivity (Wildman–Crippen MR) is 46.9 cm³/mol. The summed E-state index contributed by atoms with van der Waals surface area (Å²) in [5.74, 6) is -1.49. The van der Waals surface area contributed by atoms with Crippen molar-refractivity contribution in [2.75, 3.05) is 0 Å². The molecule has 0 heterocycles. The van der Waals surface area contributed by atoms with Crippen molar-refractivity contribution in [3.63, 3.8) is 0 Å². The van der Waals surface area contributed by atoms with E-state index in [2.05, 4.69) is 4.79 Å². The van der Waals surface area contributed by atoms with Gasteiger partial charge in [0, 0.05) is 6.08 Å². The molecule has 0 aromatic carbocycles. The van der Waals surface area contributed by atoms with E-state index < -0.39 is 5.97 Å². The lowest BCUT2D eigenvalue weighted by Crippen LogP contribution is -2.10. The third-order valence-corrected chi connectivity index (χ3v) is 1.46. The molecule has 0 bridgehead atoms. The second kappa shape index (κ2) is 4.45. The SMILES string of the molecule is Cl.[N-]=[N+]=C1C=CC(C(=O)O)=C(O)C1. The Morgan fingerprint density at radius 2 is 2.15 bits per heavy atom. The van der Waals surface area contributed by atoms with E-state index in [0.29, 0.717) is 0 Å². The van der Waals surface area contributed by atoms with Crippen LogP contribution in [0.15, 0.2) is 23.5 Å². The lowest BCUT2D eigenvalue weighted by atomic mass is 10.0.